The molecule has 0 N–H and O–H groups in total. The molecule has 0 saturated carbocycles. The fraction of sp³-hybridized carbons (Fsp3) is 0.278. The van der Waals surface area contributed by atoms with Crippen molar-refractivity contribution in [2.24, 2.45) is 0 Å². The van der Waals surface area contributed by atoms with Gasteiger partial charge >= 0.3 is 0 Å². The predicted octanol–water partition coefficient (Wildman–Crippen LogP) is 5.04. The van der Waals surface area contributed by atoms with Crippen molar-refractivity contribution in [3.8, 4) is 11.3 Å². The minimum Gasteiger partial charge on any atom is -0.383 e. The molecule has 1 aromatic carbocycles. The number of hydrogen-bond acceptors (Lipinski definition) is 2. The number of aryl methyl sites for hydroxylation is 1. The summed E-state index contributed by atoms with van der Waals surface area (Å²) in [4.78, 5) is 4.63. The Morgan fingerprint density at radius 2 is 1.83 bits per heavy atom. The first-order valence-electron chi connectivity index (χ1n) is 7.32. The van der Waals surface area contributed by atoms with Crippen LogP contribution >= 0.6 is 24.0 Å². The fourth-order valence-corrected chi connectivity index (χ4v) is 3.00. The van der Waals surface area contributed by atoms with Gasteiger partial charge in [0.1, 0.15) is 0 Å². The third kappa shape index (κ3) is 3.23. The quantitative estimate of drug-likeness (QED) is 0.658. The van der Waals surface area contributed by atoms with Crippen LogP contribution in [0.4, 0.5) is 0 Å². The average Bonchev–Trinajstić information content (AvgIpc) is 2.78. The lowest BCUT2D eigenvalue weighted by atomic mass is 10.1. The molecule has 0 unspecified atom stereocenters. The van der Waals surface area contributed by atoms with Gasteiger partial charge in [0.2, 0.25) is 0 Å². The topological polar surface area (TPSA) is 27.1 Å². The minimum atomic E-state index is 0. The number of hydrogen-bond donors (Lipinski definition) is 0. The van der Waals surface area contributed by atoms with Crippen molar-refractivity contribution in [2.45, 2.75) is 20.4 Å². The molecule has 0 radical (unpaired) electrons. The number of rotatable bonds is 4. The molecule has 0 amide bonds. The summed E-state index contributed by atoms with van der Waals surface area (Å²) in [6.07, 6.45) is 1.87. The van der Waals surface area contributed by atoms with Crippen molar-refractivity contribution in [3.63, 3.8) is 0 Å². The first-order chi connectivity index (χ1) is 10.6. The average molecular weight is 351 g/mol. The largest absolute Gasteiger partial charge is 0.383 e. The lowest BCUT2D eigenvalue weighted by Crippen LogP contribution is -2.06. The van der Waals surface area contributed by atoms with Gasteiger partial charge in [-0.3, -0.25) is 4.98 Å². The summed E-state index contributed by atoms with van der Waals surface area (Å²) in [6, 6.07) is 9.92. The highest BCUT2D eigenvalue weighted by molar-refractivity contribution is 6.30. The van der Waals surface area contributed by atoms with Gasteiger partial charge in [0, 0.05) is 41.5 Å². The predicted molar refractivity (Wildman–Crippen MR) is 98.8 cm³/mol. The smallest absolute Gasteiger partial charge is 0.0945 e. The highest BCUT2D eigenvalue weighted by atomic mass is 35.5. The Hall–Kier alpha value is -1.55. The first-order valence-corrected chi connectivity index (χ1v) is 7.70. The Balaban J connectivity index is 0.00000192. The zero-order valence-corrected chi connectivity index (χ0v) is 15.0. The van der Waals surface area contributed by atoms with Crippen LogP contribution in [0.25, 0.3) is 22.2 Å². The van der Waals surface area contributed by atoms with Crippen LogP contribution in [0.5, 0.6) is 0 Å². The molecule has 3 rings (SSSR count). The van der Waals surface area contributed by atoms with Crippen LogP contribution < -0.4 is 0 Å². The van der Waals surface area contributed by atoms with E-state index in [1.165, 1.54) is 16.6 Å². The van der Waals surface area contributed by atoms with Crippen LogP contribution in [0.2, 0.25) is 5.02 Å². The number of benzene rings is 1. The summed E-state index contributed by atoms with van der Waals surface area (Å²) in [6.45, 7) is 5.81. The standard InChI is InChI=1S/C18H19ClN2O.ClH/c1-12-13(2)21(10-11-22-3)18-16(12)8-9-20-17(18)14-4-6-15(19)7-5-14;/h4-9H,10-11H2,1-3H3;1H. The Labute approximate surface area is 147 Å². The van der Waals surface area contributed by atoms with Crippen LogP contribution in [0.3, 0.4) is 0 Å². The highest BCUT2D eigenvalue weighted by Gasteiger charge is 2.16. The van der Waals surface area contributed by atoms with Crippen LogP contribution in [0, 0.1) is 13.8 Å². The number of pyridine rings is 1. The Kier molecular flexibility index (Phi) is 5.69. The Morgan fingerprint density at radius 1 is 1.13 bits per heavy atom. The van der Waals surface area contributed by atoms with E-state index in [1.807, 2.05) is 30.5 Å². The SMILES string of the molecule is COCCn1c(C)c(C)c2ccnc(-c3ccc(Cl)cc3)c21.Cl. The molecule has 23 heavy (non-hydrogen) atoms. The minimum absolute atomic E-state index is 0. The van der Waals surface area contributed by atoms with Crippen molar-refractivity contribution in [1.82, 2.24) is 9.55 Å². The van der Waals surface area contributed by atoms with E-state index in [2.05, 4.69) is 29.5 Å². The summed E-state index contributed by atoms with van der Waals surface area (Å²) in [5, 5.41) is 1.98. The van der Waals surface area contributed by atoms with E-state index in [1.54, 1.807) is 7.11 Å². The molecule has 0 bridgehead atoms. The second-order valence-corrected chi connectivity index (χ2v) is 5.85. The Morgan fingerprint density at radius 3 is 2.48 bits per heavy atom. The van der Waals surface area contributed by atoms with Crippen molar-refractivity contribution in [3.05, 3.63) is 52.8 Å². The van der Waals surface area contributed by atoms with E-state index in [-0.39, 0.29) is 12.4 Å². The van der Waals surface area contributed by atoms with Gasteiger partial charge in [0.15, 0.2) is 0 Å². The molecule has 2 heterocycles. The van der Waals surface area contributed by atoms with Crippen molar-refractivity contribution in [1.29, 1.82) is 0 Å². The second kappa shape index (κ2) is 7.35. The van der Waals surface area contributed by atoms with E-state index in [0.717, 1.165) is 28.3 Å². The number of halogens is 2. The number of aromatic nitrogens is 2. The summed E-state index contributed by atoms with van der Waals surface area (Å²) < 4.78 is 7.56. The summed E-state index contributed by atoms with van der Waals surface area (Å²) >= 11 is 6.00. The molecule has 0 saturated heterocycles. The highest BCUT2D eigenvalue weighted by Crippen LogP contribution is 2.32. The molecule has 5 heteroatoms. The van der Waals surface area contributed by atoms with Crippen LogP contribution in [0.1, 0.15) is 11.3 Å². The molecule has 3 nitrogen and oxygen atoms in total. The molecule has 0 atom stereocenters. The van der Waals surface area contributed by atoms with E-state index in [0.29, 0.717) is 6.61 Å². The first kappa shape index (κ1) is 17.8. The van der Waals surface area contributed by atoms with Crippen molar-refractivity contribution in [2.75, 3.05) is 13.7 Å². The number of ether oxygens (including phenoxy) is 1. The molecular weight excluding hydrogens is 331 g/mol. The van der Waals surface area contributed by atoms with Gasteiger partial charge in [-0.15, -0.1) is 12.4 Å². The van der Waals surface area contributed by atoms with Gasteiger partial charge in [-0.25, -0.2) is 0 Å². The molecule has 0 fully saturated rings. The third-order valence-electron chi connectivity index (χ3n) is 4.18. The molecule has 0 aliphatic heterocycles. The number of nitrogens with zero attached hydrogens (tertiary/aromatic N) is 2. The zero-order valence-electron chi connectivity index (χ0n) is 13.5. The van der Waals surface area contributed by atoms with E-state index >= 15 is 0 Å². The van der Waals surface area contributed by atoms with E-state index in [4.69, 9.17) is 16.3 Å². The zero-order chi connectivity index (χ0) is 15.7. The third-order valence-corrected chi connectivity index (χ3v) is 4.43. The molecule has 0 spiro atoms. The van der Waals surface area contributed by atoms with Crippen molar-refractivity contribution >= 4 is 34.9 Å². The molecule has 0 aliphatic carbocycles. The van der Waals surface area contributed by atoms with Crippen LogP contribution in [0.15, 0.2) is 36.5 Å². The molecule has 122 valence electrons. The maximum Gasteiger partial charge on any atom is 0.0945 e. The van der Waals surface area contributed by atoms with Gasteiger partial charge in [-0.1, -0.05) is 23.7 Å². The molecule has 2 aromatic heterocycles. The van der Waals surface area contributed by atoms with E-state index < -0.39 is 0 Å². The molecular formula is C18H20Cl2N2O. The lowest BCUT2D eigenvalue weighted by Gasteiger charge is -2.11. The number of methoxy groups -OCH3 is 1. The normalized spacial score (nSPS) is 10.8. The van der Waals surface area contributed by atoms with Gasteiger partial charge in [-0.2, -0.15) is 0 Å². The van der Waals surface area contributed by atoms with E-state index in [9.17, 15) is 0 Å². The summed E-state index contributed by atoms with van der Waals surface area (Å²) in [7, 11) is 1.73. The molecule has 3 aromatic rings. The van der Waals surface area contributed by atoms with Gasteiger partial charge in [0.25, 0.3) is 0 Å². The summed E-state index contributed by atoms with van der Waals surface area (Å²) in [5.74, 6) is 0. The van der Waals surface area contributed by atoms with Gasteiger partial charge < -0.3 is 9.30 Å². The second-order valence-electron chi connectivity index (χ2n) is 5.42. The molecule has 0 aliphatic rings. The van der Waals surface area contributed by atoms with Crippen LogP contribution in [-0.4, -0.2) is 23.3 Å². The monoisotopic (exact) mass is 350 g/mol. The van der Waals surface area contributed by atoms with Gasteiger partial charge in [-0.05, 0) is 37.6 Å². The maximum atomic E-state index is 6.00. The van der Waals surface area contributed by atoms with Crippen molar-refractivity contribution < 1.29 is 4.74 Å². The Bertz CT molecular complexity index is 810. The maximum absolute atomic E-state index is 6.00. The fourth-order valence-electron chi connectivity index (χ4n) is 2.88. The lowest BCUT2D eigenvalue weighted by molar-refractivity contribution is 0.188. The number of fused-ring (bicyclic) bond motifs is 1. The van der Waals surface area contributed by atoms with Crippen LogP contribution in [-0.2, 0) is 11.3 Å². The van der Waals surface area contributed by atoms with Gasteiger partial charge in [0.05, 0.1) is 17.8 Å². The summed E-state index contributed by atoms with van der Waals surface area (Å²) in [5.41, 5.74) is 5.78.